The van der Waals surface area contributed by atoms with Gasteiger partial charge in [-0.1, -0.05) is 18.2 Å². The number of nitrogens with one attached hydrogen (secondary N) is 1. The van der Waals surface area contributed by atoms with E-state index in [1.807, 2.05) is 6.07 Å². The van der Waals surface area contributed by atoms with Crippen molar-refractivity contribution < 1.29 is 29.0 Å². The molecule has 0 spiro atoms. The Hall–Kier alpha value is -2.26. The third-order valence-corrected chi connectivity index (χ3v) is 3.96. The van der Waals surface area contributed by atoms with Crippen LogP contribution in [0.25, 0.3) is 0 Å². The summed E-state index contributed by atoms with van der Waals surface area (Å²) in [6.07, 6.45) is -1.78. The molecular weight excluding hydrogens is 360 g/mol. The number of benzene rings is 1. The molecule has 1 saturated heterocycles. The standard InChI is InChI=1S/C17H22N2O6S/c1-17(2,3)25-16(23)14(22)19-13(21)12(15(19)26)18-11(20)9-24-10-7-5-4-6-8-10/h4-8,12,14-15,22,26H,9H2,1-3H3,(H,18,20)/t12-,14?,15-/m1/s1. The predicted molar refractivity (Wildman–Crippen MR) is 95.3 cm³/mol. The SMILES string of the molecule is CC(C)(C)OC(=O)C(O)N1C(=O)[C@@H](NC(=O)COc2ccccc2)[C@H]1S. The van der Waals surface area contributed by atoms with Crippen LogP contribution in [0.3, 0.4) is 0 Å². The molecule has 1 aliphatic rings. The molecule has 0 saturated carbocycles. The summed E-state index contributed by atoms with van der Waals surface area (Å²) in [5.41, 5.74) is -0.805. The molecule has 9 heteroatoms. The number of thiol groups is 1. The maximum atomic E-state index is 12.1. The smallest absolute Gasteiger partial charge is 0.357 e. The molecule has 142 valence electrons. The molecule has 1 aromatic rings. The zero-order chi connectivity index (χ0) is 19.5. The van der Waals surface area contributed by atoms with Crippen molar-refractivity contribution in [2.45, 2.75) is 44.0 Å². The minimum Gasteiger partial charge on any atom is -0.484 e. The van der Waals surface area contributed by atoms with Crippen molar-refractivity contribution in [1.29, 1.82) is 0 Å². The van der Waals surface area contributed by atoms with Crippen molar-refractivity contribution in [3.8, 4) is 5.75 Å². The van der Waals surface area contributed by atoms with Crippen molar-refractivity contribution in [2.75, 3.05) is 6.61 Å². The van der Waals surface area contributed by atoms with Gasteiger partial charge in [0.05, 0.1) is 0 Å². The average Bonchev–Trinajstić information content (AvgIpc) is 2.57. The maximum absolute atomic E-state index is 12.1. The number of carbonyl (C=O) groups excluding carboxylic acids is 3. The van der Waals surface area contributed by atoms with Gasteiger partial charge in [0.2, 0.25) is 6.23 Å². The third-order valence-electron chi connectivity index (χ3n) is 3.41. The highest BCUT2D eigenvalue weighted by molar-refractivity contribution is 7.81. The molecule has 8 nitrogen and oxygen atoms in total. The topological polar surface area (TPSA) is 105 Å². The van der Waals surface area contributed by atoms with Crippen molar-refractivity contribution in [3.05, 3.63) is 30.3 Å². The zero-order valence-corrected chi connectivity index (χ0v) is 15.6. The molecule has 0 aromatic heterocycles. The second-order valence-electron chi connectivity index (χ2n) is 6.71. The van der Waals surface area contributed by atoms with Crippen LogP contribution in [0.4, 0.5) is 0 Å². The number of aliphatic hydroxyl groups is 1. The molecule has 0 radical (unpaired) electrons. The Labute approximate surface area is 156 Å². The van der Waals surface area contributed by atoms with E-state index in [-0.39, 0.29) is 6.61 Å². The van der Waals surface area contributed by atoms with Crippen LogP contribution < -0.4 is 10.1 Å². The summed E-state index contributed by atoms with van der Waals surface area (Å²) in [6, 6.07) is 7.78. The number of amides is 2. The number of carbonyl (C=O) groups is 3. The van der Waals surface area contributed by atoms with E-state index in [0.717, 1.165) is 4.90 Å². The lowest BCUT2D eigenvalue weighted by Crippen LogP contribution is -2.72. The average molecular weight is 382 g/mol. The molecule has 1 unspecified atom stereocenters. The lowest BCUT2D eigenvalue weighted by atomic mass is 10.1. The Bertz CT molecular complexity index is 676. The number of rotatable bonds is 6. The number of hydrogen-bond donors (Lipinski definition) is 3. The van der Waals surface area contributed by atoms with Crippen molar-refractivity contribution in [2.24, 2.45) is 0 Å². The summed E-state index contributed by atoms with van der Waals surface area (Å²) < 4.78 is 10.3. The fourth-order valence-corrected chi connectivity index (χ4v) is 2.69. The second-order valence-corrected chi connectivity index (χ2v) is 7.24. The maximum Gasteiger partial charge on any atom is 0.357 e. The minimum atomic E-state index is -1.78. The van der Waals surface area contributed by atoms with E-state index in [0.29, 0.717) is 5.75 Å². The number of nitrogens with zero attached hydrogens (tertiary/aromatic N) is 1. The van der Waals surface area contributed by atoms with Gasteiger partial charge >= 0.3 is 5.97 Å². The molecule has 1 aromatic carbocycles. The Kier molecular flexibility index (Phi) is 6.14. The first kappa shape index (κ1) is 20.1. The van der Waals surface area contributed by atoms with Crippen LogP contribution in [0.15, 0.2) is 30.3 Å². The fraction of sp³-hybridized carbons (Fsp3) is 0.471. The summed E-state index contributed by atoms with van der Waals surface area (Å²) in [4.78, 5) is 36.8. The normalized spacial score (nSPS) is 20.8. The Balaban J connectivity index is 1.85. The van der Waals surface area contributed by atoms with Crippen molar-refractivity contribution >= 4 is 30.4 Å². The number of esters is 1. The van der Waals surface area contributed by atoms with Gasteiger partial charge in [-0.25, -0.2) is 4.79 Å². The summed E-state index contributed by atoms with van der Waals surface area (Å²) in [5.74, 6) is -1.58. The second kappa shape index (κ2) is 7.96. The quantitative estimate of drug-likeness (QED) is 0.372. The van der Waals surface area contributed by atoms with Crippen LogP contribution >= 0.6 is 12.6 Å². The van der Waals surface area contributed by atoms with Gasteiger partial charge in [-0.2, -0.15) is 12.6 Å². The Morgan fingerprint density at radius 3 is 2.46 bits per heavy atom. The zero-order valence-electron chi connectivity index (χ0n) is 14.7. The van der Waals surface area contributed by atoms with Gasteiger partial charge in [-0.3, -0.25) is 14.5 Å². The Morgan fingerprint density at radius 1 is 1.31 bits per heavy atom. The van der Waals surface area contributed by atoms with Gasteiger partial charge < -0.3 is 19.9 Å². The van der Waals surface area contributed by atoms with Crippen molar-refractivity contribution in [1.82, 2.24) is 10.2 Å². The lowest BCUT2D eigenvalue weighted by molar-refractivity contribution is -0.189. The van der Waals surface area contributed by atoms with E-state index < -0.39 is 41.0 Å². The van der Waals surface area contributed by atoms with Gasteiger partial charge in [0.15, 0.2) is 6.61 Å². The number of β-lactam (4-membered cyclic amide) rings is 1. The highest BCUT2D eigenvalue weighted by atomic mass is 32.1. The molecule has 2 rings (SSSR count). The number of hydrogen-bond acceptors (Lipinski definition) is 7. The van der Waals surface area contributed by atoms with Crippen LogP contribution in [0, 0.1) is 0 Å². The molecule has 1 aliphatic heterocycles. The monoisotopic (exact) mass is 382 g/mol. The molecule has 0 bridgehead atoms. The first-order valence-corrected chi connectivity index (χ1v) is 8.50. The van der Waals surface area contributed by atoms with Crippen LogP contribution in [0.2, 0.25) is 0 Å². The van der Waals surface area contributed by atoms with E-state index in [4.69, 9.17) is 9.47 Å². The highest BCUT2D eigenvalue weighted by Gasteiger charge is 2.51. The Morgan fingerprint density at radius 2 is 1.92 bits per heavy atom. The lowest BCUT2D eigenvalue weighted by Gasteiger charge is -2.46. The summed E-state index contributed by atoms with van der Waals surface area (Å²) in [7, 11) is 0. The molecule has 2 amide bonds. The molecule has 1 heterocycles. The third kappa shape index (κ3) is 4.89. The van der Waals surface area contributed by atoms with Gasteiger partial charge in [0, 0.05) is 0 Å². The summed E-state index contributed by atoms with van der Waals surface area (Å²) in [5, 5.41) is 11.6. The van der Waals surface area contributed by atoms with Gasteiger partial charge in [0.1, 0.15) is 22.8 Å². The first-order valence-electron chi connectivity index (χ1n) is 7.98. The largest absolute Gasteiger partial charge is 0.484 e. The highest BCUT2D eigenvalue weighted by Crippen LogP contribution is 2.26. The van der Waals surface area contributed by atoms with E-state index in [1.54, 1.807) is 45.0 Å². The van der Waals surface area contributed by atoms with Crippen LogP contribution in [-0.2, 0) is 19.1 Å². The van der Waals surface area contributed by atoms with Crippen molar-refractivity contribution in [3.63, 3.8) is 0 Å². The molecular formula is C17H22N2O6S. The molecule has 26 heavy (non-hydrogen) atoms. The molecule has 3 atom stereocenters. The van der Waals surface area contributed by atoms with Crippen LogP contribution in [0.5, 0.6) is 5.75 Å². The summed E-state index contributed by atoms with van der Waals surface area (Å²) >= 11 is 4.17. The van der Waals surface area contributed by atoms with E-state index in [2.05, 4.69) is 17.9 Å². The first-order chi connectivity index (χ1) is 12.1. The number of likely N-dealkylation sites (tertiary alicyclic amines) is 1. The van der Waals surface area contributed by atoms with E-state index in [1.165, 1.54) is 0 Å². The minimum absolute atomic E-state index is 0.275. The summed E-state index contributed by atoms with van der Waals surface area (Å²) in [6.45, 7) is 4.65. The van der Waals surface area contributed by atoms with Gasteiger partial charge in [-0.15, -0.1) is 0 Å². The fourth-order valence-electron chi connectivity index (χ4n) is 2.25. The van der Waals surface area contributed by atoms with Gasteiger partial charge in [-0.05, 0) is 32.9 Å². The number of aliphatic hydroxyl groups excluding tert-OH is 1. The number of para-hydroxylation sites is 1. The van der Waals surface area contributed by atoms with Gasteiger partial charge in [0.25, 0.3) is 11.8 Å². The van der Waals surface area contributed by atoms with Crippen LogP contribution in [-0.4, -0.2) is 57.6 Å². The van der Waals surface area contributed by atoms with Crippen LogP contribution in [0.1, 0.15) is 20.8 Å². The van der Waals surface area contributed by atoms with E-state index >= 15 is 0 Å². The number of ether oxygens (including phenoxy) is 2. The molecule has 1 fully saturated rings. The van der Waals surface area contributed by atoms with E-state index in [9.17, 15) is 19.5 Å². The predicted octanol–water partition coefficient (Wildman–Crippen LogP) is 0.308. The molecule has 0 aliphatic carbocycles. The molecule has 2 N–H and O–H groups in total.